The smallest absolute Gasteiger partial charge is 0.0660 e. The molecule has 1 aromatic rings. The van der Waals surface area contributed by atoms with Gasteiger partial charge < -0.3 is 10.5 Å². The van der Waals surface area contributed by atoms with Gasteiger partial charge in [-0.15, -0.1) is 0 Å². The first-order valence-electron chi connectivity index (χ1n) is 4.94. The number of hydrogen-bond donors (Lipinski definition) is 1. The number of ether oxygens (including phenoxy) is 1. The zero-order chi connectivity index (χ0) is 11.3. The van der Waals surface area contributed by atoms with Crippen molar-refractivity contribution >= 4 is 23.2 Å². The topological polar surface area (TPSA) is 35.2 Å². The van der Waals surface area contributed by atoms with E-state index >= 15 is 0 Å². The molecule has 0 amide bonds. The van der Waals surface area contributed by atoms with E-state index in [-0.39, 0.29) is 6.04 Å². The van der Waals surface area contributed by atoms with Crippen molar-refractivity contribution in [3.05, 3.63) is 33.8 Å². The molecule has 0 aliphatic rings. The first-order chi connectivity index (χ1) is 7.16. The van der Waals surface area contributed by atoms with E-state index in [1.165, 1.54) is 0 Å². The molecule has 0 fully saturated rings. The van der Waals surface area contributed by atoms with Gasteiger partial charge in [-0.3, -0.25) is 0 Å². The Balaban J connectivity index is 2.68. The SMILES string of the molecule is CCCOCC(N)c1c(Cl)cccc1Cl. The van der Waals surface area contributed by atoms with E-state index in [1.54, 1.807) is 18.2 Å². The zero-order valence-corrected chi connectivity index (χ0v) is 10.2. The van der Waals surface area contributed by atoms with Crippen LogP contribution in [-0.4, -0.2) is 13.2 Å². The van der Waals surface area contributed by atoms with Gasteiger partial charge in [-0.25, -0.2) is 0 Å². The number of rotatable bonds is 5. The lowest BCUT2D eigenvalue weighted by Gasteiger charge is -2.15. The minimum Gasteiger partial charge on any atom is -0.379 e. The molecule has 0 aliphatic heterocycles. The van der Waals surface area contributed by atoms with Crippen molar-refractivity contribution in [1.82, 2.24) is 0 Å². The predicted molar refractivity (Wildman–Crippen MR) is 64.5 cm³/mol. The maximum atomic E-state index is 6.02. The summed E-state index contributed by atoms with van der Waals surface area (Å²) in [5.74, 6) is 0. The van der Waals surface area contributed by atoms with Crippen molar-refractivity contribution in [1.29, 1.82) is 0 Å². The van der Waals surface area contributed by atoms with Gasteiger partial charge in [-0.05, 0) is 18.6 Å². The quantitative estimate of drug-likeness (QED) is 0.810. The van der Waals surface area contributed by atoms with Crippen LogP contribution in [0, 0.1) is 0 Å². The Labute approximate surface area is 100 Å². The second-order valence-electron chi connectivity index (χ2n) is 3.32. The number of halogens is 2. The van der Waals surface area contributed by atoms with Gasteiger partial charge in [0.2, 0.25) is 0 Å². The fourth-order valence-electron chi connectivity index (χ4n) is 1.30. The van der Waals surface area contributed by atoms with Gasteiger partial charge in [0.05, 0.1) is 12.6 Å². The van der Waals surface area contributed by atoms with Crippen molar-refractivity contribution in [2.45, 2.75) is 19.4 Å². The van der Waals surface area contributed by atoms with E-state index in [9.17, 15) is 0 Å². The summed E-state index contributed by atoms with van der Waals surface area (Å²) in [4.78, 5) is 0. The molecular weight excluding hydrogens is 233 g/mol. The van der Waals surface area contributed by atoms with Gasteiger partial charge in [-0.2, -0.15) is 0 Å². The van der Waals surface area contributed by atoms with Crippen LogP contribution in [0.4, 0.5) is 0 Å². The Kier molecular flexibility index (Phi) is 5.40. The van der Waals surface area contributed by atoms with Crippen LogP contribution in [-0.2, 0) is 4.74 Å². The maximum absolute atomic E-state index is 6.02. The van der Waals surface area contributed by atoms with Crippen LogP contribution in [0.15, 0.2) is 18.2 Å². The molecule has 15 heavy (non-hydrogen) atoms. The average Bonchev–Trinajstić information content (AvgIpc) is 2.18. The highest BCUT2D eigenvalue weighted by Gasteiger charge is 2.13. The molecule has 1 unspecified atom stereocenters. The van der Waals surface area contributed by atoms with Crippen LogP contribution in [0.3, 0.4) is 0 Å². The highest BCUT2D eigenvalue weighted by atomic mass is 35.5. The normalized spacial score (nSPS) is 12.8. The van der Waals surface area contributed by atoms with E-state index < -0.39 is 0 Å². The Hall–Kier alpha value is -0.280. The van der Waals surface area contributed by atoms with Gasteiger partial charge in [-0.1, -0.05) is 36.2 Å². The summed E-state index contributed by atoms with van der Waals surface area (Å²) in [7, 11) is 0. The van der Waals surface area contributed by atoms with Crippen LogP contribution in [0.1, 0.15) is 24.9 Å². The Morgan fingerprint density at radius 3 is 2.47 bits per heavy atom. The molecule has 1 rings (SSSR count). The van der Waals surface area contributed by atoms with Gasteiger partial charge in [0.25, 0.3) is 0 Å². The molecule has 1 atom stereocenters. The molecule has 0 heterocycles. The Morgan fingerprint density at radius 1 is 1.33 bits per heavy atom. The summed E-state index contributed by atoms with van der Waals surface area (Å²) < 4.78 is 5.37. The Morgan fingerprint density at radius 2 is 1.93 bits per heavy atom. The molecule has 0 radical (unpaired) electrons. The third-order valence-corrected chi connectivity index (χ3v) is 2.68. The van der Waals surface area contributed by atoms with E-state index in [0.29, 0.717) is 23.3 Å². The molecular formula is C11H15Cl2NO. The lowest BCUT2D eigenvalue weighted by atomic mass is 10.1. The summed E-state index contributed by atoms with van der Waals surface area (Å²) in [6, 6.07) is 5.09. The summed E-state index contributed by atoms with van der Waals surface area (Å²) >= 11 is 12.0. The van der Waals surface area contributed by atoms with Crippen molar-refractivity contribution < 1.29 is 4.74 Å². The molecule has 0 spiro atoms. The van der Waals surface area contributed by atoms with E-state index in [2.05, 4.69) is 0 Å². The second-order valence-corrected chi connectivity index (χ2v) is 4.13. The summed E-state index contributed by atoms with van der Waals surface area (Å²) in [5.41, 5.74) is 6.70. The van der Waals surface area contributed by atoms with Gasteiger partial charge >= 0.3 is 0 Å². The zero-order valence-electron chi connectivity index (χ0n) is 8.67. The molecule has 0 aromatic heterocycles. The van der Waals surface area contributed by atoms with Gasteiger partial charge in [0.1, 0.15) is 0 Å². The van der Waals surface area contributed by atoms with Gasteiger partial charge in [0.15, 0.2) is 0 Å². The Bertz CT molecular complexity index is 297. The number of hydrogen-bond acceptors (Lipinski definition) is 2. The minimum absolute atomic E-state index is 0.266. The van der Waals surface area contributed by atoms with E-state index in [0.717, 1.165) is 12.0 Å². The van der Waals surface area contributed by atoms with Crippen LogP contribution < -0.4 is 5.73 Å². The standard InChI is InChI=1S/C11H15Cl2NO/c1-2-6-15-7-10(14)11-8(12)4-3-5-9(11)13/h3-5,10H,2,6-7,14H2,1H3. The largest absolute Gasteiger partial charge is 0.379 e. The highest BCUT2D eigenvalue weighted by molar-refractivity contribution is 6.36. The fraction of sp³-hybridized carbons (Fsp3) is 0.455. The summed E-state index contributed by atoms with van der Waals surface area (Å²) in [6.07, 6.45) is 0.975. The number of benzene rings is 1. The molecule has 0 saturated heterocycles. The van der Waals surface area contributed by atoms with Crippen LogP contribution in [0.2, 0.25) is 10.0 Å². The van der Waals surface area contributed by atoms with Crippen LogP contribution >= 0.6 is 23.2 Å². The van der Waals surface area contributed by atoms with Crippen molar-refractivity contribution in [3.8, 4) is 0 Å². The third kappa shape index (κ3) is 3.65. The molecule has 0 aliphatic carbocycles. The van der Waals surface area contributed by atoms with E-state index in [4.69, 9.17) is 33.7 Å². The average molecular weight is 248 g/mol. The van der Waals surface area contributed by atoms with E-state index in [1.807, 2.05) is 6.92 Å². The highest BCUT2D eigenvalue weighted by Crippen LogP contribution is 2.29. The fourth-order valence-corrected chi connectivity index (χ4v) is 1.98. The van der Waals surface area contributed by atoms with Crippen molar-refractivity contribution in [3.63, 3.8) is 0 Å². The first-order valence-corrected chi connectivity index (χ1v) is 5.69. The third-order valence-electron chi connectivity index (χ3n) is 2.02. The van der Waals surface area contributed by atoms with Crippen LogP contribution in [0.25, 0.3) is 0 Å². The minimum atomic E-state index is -0.266. The molecule has 4 heteroatoms. The summed E-state index contributed by atoms with van der Waals surface area (Å²) in [6.45, 7) is 3.20. The second kappa shape index (κ2) is 6.33. The molecule has 0 saturated carbocycles. The summed E-state index contributed by atoms with van der Waals surface area (Å²) in [5, 5.41) is 1.19. The molecule has 0 bridgehead atoms. The first kappa shape index (κ1) is 12.8. The van der Waals surface area contributed by atoms with Crippen molar-refractivity contribution in [2.75, 3.05) is 13.2 Å². The molecule has 2 N–H and O–H groups in total. The predicted octanol–water partition coefficient (Wildman–Crippen LogP) is 3.42. The molecule has 84 valence electrons. The lowest BCUT2D eigenvalue weighted by molar-refractivity contribution is 0.121. The monoisotopic (exact) mass is 247 g/mol. The van der Waals surface area contributed by atoms with Crippen LogP contribution in [0.5, 0.6) is 0 Å². The van der Waals surface area contributed by atoms with Crippen molar-refractivity contribution in [2.24, 2.45) is 5.73 Å². The maximum Gasteiger partial charge on any atom is 0.0660 e. The number of nitrogens with two attached hydrogens (primary N) is 1. The van der Waals surface area contributed by atoms with Gasteiger partial charge in [0, 0.05) is 22.2 Å². The molecule has 1 aromatic carbocycles. The lowest BCUT2D eigenvalue weighted by Crippen LogP contribution is -2.18. The molecule has 2 nitrogen and oxygen atoms in total.